The van der Waals surface area contributed by atoms with E-state index >= 15 is 0 Å². The van der Waals surface area contributed by atoms with Gasteiger partial charge in [0.1, 0.15) is 0 Å². The molecule has 0 aliphatic heterocycles. The molecule has 0 aliphatic rings. The van der Waals surface area contributed by atoms with Crippen LogP contribution >= 0.6 is 22.9 Å². The number of thiazole rings is 1. The number of aromatic nitrogens is 1. The average Bonchev–Trinajstić information content (AvgIpc) is 2.99. The smallest absolute Gasteiger partial charge is 0.442 e. The number of hydrogen-bond acceptors (Lipinski definition) is 6. The second-order valence-corrected chi connectivity index (χ2v) is 7.34. The van der Waals surface area contributed by atoms with Crippen LogP contribution in [0.3, 0.4) is 0 Å². The van der Waals surface area contributed by atoms with E-state index in [2.05, 4.69) is 15.0 Å². The van der Waals surface area contributed by atoms with Crippen molar-refractivity contribution in [2.24, 2.45) is 0 Å². The quantitative estimate of drug-likeness (QED) is 0.470. The van der Waals surface area contributed by atoms with Crippen LogP contribution in [-0.2, 0) is 14.3 Å². The van der Waals surface area contributed by atoms with Crippen molar-refractivity contribution in [2.75, 3.05) is 11.9 Å². The predicted octanol–water partition coefficient (Wildman–Crippen LogP) is 4.49. The Bertz CT molecular complexity index is 859. The van der Waals surface area contributed by atoms with Gasteiger partial charge in [-0.3, -0.25) is 4.79 Å². The predicted molar refractivity (Wildman–Crippen MR) is 101 cm³/mol. The highest BCUT2D eigenvalue weighted by Crippen LogP contribution is 2.36. The Morgan fingerprint density at radius 3 is 2.61 bits per heavy atom. The Kier molecular flexibility index (Phi) is 7.11. The number of anilines is 1. The molecule has 0 aliphatic carbocycles. The standard InChI is InChI=1S/C17H19ClF3N3O3S/c1-3-5-6-13(25)23-16(17(19,20)21,14(26)27-4-2)24-15-22-11-8-7-10(18)9-12(11)28-15/h7-9H,3-6H2,1-2H3,(H,22,24)(H,23,25). The molecule has 1 unspecified atom stereocenters. The Labute approximate surface area is 168 Å². The van der Waals surface area contributed by atoms with Crippen LogP contribution in [0.25, 0.3) is 10.2 Å². The number of carbonyl (C=O) groups is 2. The topological polar surface area (TPSA) is 80.3 Å². The molecular weight excluding hydrogens is 419 g/mol. The molecule has 154 valence electrons. The SMILES string of the molecule is CCCCC(=O)NC(Nc1nc2ccc(Cl)cc2s1)(C(=O)OCC)C(F)(F)F. The number of ether oxygens (including phenoxy) is 1. The molecule has 0 bridgehead atoms. The van der Waals surface area contributed by atoms with Crippen molar-refractivity contribution < 1.29 is 27.5 Å². The molecule has 11 heteroatoms. The lowest BCUT2D eigenvalue weighted by molar-refractivity contribution is -0.207. The summed E-state index contributed by atoms with van der Waals surface area (Å²) in [6, 6.07) is 4.63. The molecule has 1 aromatic carbocycles. The summed E-state index contributed by atoms with van der Waals surface area (Å²) in [6.45, 7) is 2.87. The maximum absolute atomic E-state index is 14.0. The number of carbonyl (C=O) groups excluding carboxylic acids is 2. The van der Waals surface area contributed by atoms with Crippen LogP contribution < -0.4 is 10.6 Å². The fourth-order valence-corrected chi connectivity index (χ4v) is 3.55. The normalized spacial score (nSPS) is 13.8. The third-order valence-electron chi connectivity index (χ3n) is 3.74. The van der Waals surface area contributed by atoms with Gasteiger partial charge in [-0.05, 0) is 31.5 Å². The number of amides is 1. The first kappa shape index (κ1) is 22.2. The largest absolute Gasteiger partial charge is 0.463 e. The number of hydrogen-bond donors (Lipinski definition) is 2. The number of esters is 1. The van der Waals surface area contributed by atoms with Crippen molar-refractivity contribution >= 4 is 50.2 Å². The van der Waals surface area contributed by atoms with Crippen LogP contribution in [0.15, 0.2) is 18.2 Å². The van der Waals surface area contributed by atoms with Crippen molar-refractivity contribution in [1.82, 2.24) is 10.3 Å². The highest BCUT2D eigenvalue weighted by atomic mass is 35.5. The summed E-state index contributed by atoms with van der Waals surface area (Å²) in [5.41, 5.74) is -3.06. The molecule has 1 atom stereocenters. The number of fused-ring (bicyclic) bond motifs is 1. The first-order chi connectivity index (χ1) is 13.1. The van der Waals surface area contributed by atoms with E-state index in [9.17, 15) is 22.8 Å². The van der Waals surface area contributed by atoms with Crippen LogP contribution in [-0.4, -0.2) is 35.3 Å². The highest BCUT2D eigenvalue weighted by molar-refractivity contribution is 7.22. The first-order valence-corrected chi connectivity index (χ1v) is 9.71. The maximum atomic E-state index is 14.0. The molecule has 0 saturated carbocycles. The summed E-state index contributed by atoms with van der Waals surface area (Å²) in [4.78, 5) is 28.5. The number of rotatable bonds is 8. The third-order valence-corrected chi connectivity index (χ3v) is 4.90. The number of nitrogens with one attached hydrogen (secondary N) is 2. The van der Waals surface area contributed by atoms with Crippen molar-refractivity contribution in [3.8, 4) is 0 Å². The monoisotopic (exact) mass is 437 g/mol. The maximum Gasteiger partial charge on any atom is 0.442 e. The molecule has 28 heavy (non-hydrogen) atoms. The van der Waals surface area contributed by atoms with Crippen LogP contribution in [0, 0.1) is 0 Å². The van der Waals surface area contributed by atoms with E-state index in [1.165, 1.54) is 6.92 Å². The van der Waals surface area contributed by atoms with Crippen molar-refractivity contribution in [3.05, 3.63) is 23.2 Å². The molecule has 0 saturated heterocycles. The zero-order chi connectivity index (χ0) is 20.9. The van der Waals surface area contributed by atoms with Gasteiger partial charge in [0.2, 0.25) is 5.91 Å². The Morgan fingerprint density at radius 2 is 2.00 bits per heavy atom. The van der Waals surface area contributed by atoms with Gasteiger partial charge in [-0.15, -0.1) is 0 Å². The molecule has 2 aromatic rings. The summed E-state index contributed by atoms with van der Waals surface area (Å²) >= 11 is 6.76. The number of unbranched alkanes of at least 4 members (excludes halogenated alkanes) is 1. The number of alkyl halides is 3. The first-order valence-electron chi connectivity index (χ1n) is 8.52. The van der Waals surface area contributed by atoms with Crippen LogP contribution in [0.1, 0.15) is 33.1 Å². The van der Waals surface area contributed by atoms with Gasteiger partial charge in [0.05, 0.1) is 16.8 Å². The van der Waals surface area contributed by atoms with Crippen molar-refractivity contribution in [3.63, 3.8) is 0 Å². The van der Waals surface area contributed by atoms with Gasteiger partial charge in [-0.1, -0.05) is 36.3 Å². The molecule has 1 amide bonds. The van der Waals surface area contributed by atoms with E-state index in [-0.39, 0.29) is 18.2 Å². The van der Waals surface area contributed by atoms with Gasteiger partial charge in [-0.25, -0.2) is 9.78 Å². The average molecular weight is 438 g/mol. The minimum Gasteiger partial charge on any atom is -0.463 e. The van der Waals surface area contributed by atoms with Crippen LogP contribution in [0.5, 0.6) is 0 Å². The molecule has 1 heterocycles. The minimum atomic E-state index is -5.18. The molecule has 2 N–H and O–H groups in total. The summed E-state index contributed by atoms with van der Waals surface area (Å²) in [6.07, 6.45) is -4.36. The van der Waals surface area contributed by atoms with Gasteiger partial charge in [0, 0.05) is 11.4 Å². The lowest BCUT2D eigenvalue weighted by Crippen LogP contribution is -2.69. The van der Waals surface area contributed by atoms with Gasteiger partial charge >= 0.3 is 17.8 Å². The fraction of sp³-hybridized carbons (Fsp3) is 0.471. The minimum absolute atomic E-state index is 0.162. The van der Waals surface area contributed by atoms with Crippen LogP contribution in [0.2, 0.25) is 5.02 Å². The van der Waals surface area contributed by atoms with Crippen molar-refractivity contribution in [2.45, 2.75) is 44.9 Å². The summed E-state index contributed by atoms with van der Waals surface area (Å²) in [7, 11) is 0. The number of nitrogens with zero attached hydrogens (tertiary/aromatic N) is 1. The molecular formula is C17H19ClF3N3O3S. The molecule has 0 spiro atoms. The fourth-order valence-electron chi connectivity index (χ4n) is 2.35. The second-order valence-electron chi connectivity index (χ2n) is 5.88. The molecule has 6 nitrogen and oxygen atoms in total. The highest BCUT2D eigenvalue weighted by Gasteiger charge is 2.64. The summed E-state index contributed by atoms with van der Waals surface area (Å²) in [5, 5.41) is 4.03. The number of halogens is 4. The van der Waals surface area contributed by atoms with Gasteiger partial charge in [0.15, 0.2) is 5.13 Å². The summed E-state index contributed by atoms with van der Waals surface area (Å²) < 4.78 is 47.2. The second kappa shape index (κ2) is 8.95. The van der Waals surface area contributed by atoms with E-state index in [0.717, 1.165) is 11.3 Å². The number of benzene rings is 1. The van der Waals surface area contributed by atoms with E-state index in [1.807, 2.05) is 0 Å². The van der Waals surface area contributed by atoms with Crippen LogP contribution in [0.4, 0.5) is 18.3 Å². The third kappa shape index (κ3) is 4.85. The lowest BCUT2D eigenvalue weighted by atomic mass is 10.1. The van der Waals surface area contributed by atoms with Gasteiger partial charge in [0.25, 0.3) is 0 Å². The van der Waals surface area contributed by atoms with Gasteiger partial charge < -0.3 is 15.4 Å². The molecule has 0 radical (unpaired) electrons. The van der Waals surface area contributed by atoms with E-state index in [4.69, 9.17) is 11.6 Å². The Morgan fingerprint density at radius 1 is 1.29 bits per heavy atom. The zero-order valence-corrected chi connectivity index (χ0v) is 16.7. The van der Waals surface area contributed by atoms with Crippen molar-refractivity contribution in [1.29, 1.82) is 0 Å². The Hall–Kier alpha value is -2.07. The van der Waals surface area contributed by atoms with E-state index in [0.29, 0.717) is 28.1 Å². The molecule has 1 aromatic heterocycles. The Balaban J connectivity index is 2.47. The molecule has 0 fully saturated rings. The van der Waals surface area contributed by atoms with E-state index in [1.54, 1.807) is 30.4 Å². The van der Waals surface area contributed by atoms with E-state index < -0.39 is 23.7 Å². The molecule has 2 rings (SSSR count). The lowest BCUT2D eigenvalue weighted by Gasteiger charge is -2.34. The van der Waals surface area contributed by atoms with Gasteiger partial charge in [-0.2, -0.15) is 13.2 Å². The zero-order valence-electron chi connectivity index (χ0n) is 15.2. The summed E-state index contributed by atoms with van der Waals surface area (Å²) in [5.74, 6) is -2.59.